The van der Waals surface area contributed by atoms with Gasteiger partial charge in [0.15, 0.2) is 0 Å². The number of hydrogen-bond acceptors (Lipinski definition) is 2. The van der Waals surface area contributed by atoms with Gasteiger partial charge in [-0.05, 0) is 38.0 Å². The number of nitrogens with zero attached hydrogens (tertiary/aromatic N) is 1. The molecule has 112 valence electrons. The maximum absolute atomic E-state index is 12.7. The molecule has 4 heteroatoms. The van der Waals surface area contributed by atoms with Crippen molar-refractivity contribution in [2.45, 2.75) is 58.3 Å². The van der Waals surface area contributed by atoms with Crippen LogP contribution in [0.1, 0.15) is 58.3 Å². The smallest absolute Gasteiger partial charge is 0.230 e. The Bertz CT molecular complexity index is 290. The third kappa shape index (κ3) is 3.63. The number of hydrogen-bond donors (Lipinski definition) is 1. The lowest BCUT2D eigenvalue weighted by atomic mass is 9.84. The quantitative estimate of drug-likeness (QED) is 0.868. The SMILES string of the molecule is CCC1CCCN(C(=O)C2(CN)CCCC2)CC1.Cl. The highest BCUT2D eigenvalue weighted by Crippen LogP contribution is 2.39. The first-order valence-electron chi connectivity index (χ1n) is 7.71. The molecule has 1 aliphatic carbocycles. The van der Waals surface area contributed by atoms with Crippen molar-refractivity contribution in [1.82, 2.24) is 4.90 Å². The van der Waals surface area contributed by atoms with Crippen molar-refractivity contribution in [3.63, 3.8) is 0 Å². The second kappa shape index (κ2) is 7.49. The molecule has 1 heterocycles. The van der Waals surface area contributed by atoms with Crippen molar-refractivity contribution < 1.29 is 4.79 Å². The summed E-state index contributed by atoms with van der Waals surface area (Å²) >= 11 is 0. The second-order valence-electron chi connectivity index (χ2n) is 6.19. The summed E-state index contributed by atoms with van der Waals surface area (Å²) in [4.78, 5) is 14.9. The van der Waals surface area contributed by atoms with Crippen molar-refractivity contribution in [1.29, 1.82) is 0 Å². The lowest BCUT2D eigenvalue weighted by Crippen LogP contribution is -2.47. The van der Waals surface area contributed by atoms with E-state index >= 15 is 0 Å². The van der Waals surface area contributed by atoms with Gasteiger partial charge in [0.25, 0.3) is 0 Å². The largest absolute Gasteiger partial charge is 0.342 e. The number of halogens is 1. The van der Waals surface area contributed by atoms with E-state index in [0.29, 0.717) is 12.5 Å². The fraction of sp³-hybridized carbons (Fsp3) is 0.933. The van der Waals surface area contributed by atoms with Crippen molar-refractivity contribution >= 4 is 18.3 Å². The molecule has 0 bridgehead atoms. The molecule has 1 saturated carbocycles. The molecule has 3 nitrogen and oxygen atoms in total. The molecule has 0 aromatic rings. The highest BCUT2D eigenvalue weighted by atomic mass is 35.5. The molecular formula is C15H29ClN2O. The first-order valence-corrected chi connectivity index (χ1v) is 7.71. The maximum Gasteiger partial charge on any atom is 0.230 e. The Kier molecular flexibility index (Phi) is 6.61. The molecule has 1 aliphatic heterocycles. The van der Waals surface area contributed by atoms with Gasteiger partial charge < -0.3 is 10.6 Å². The highest BCUT2D eigenvalue weighted by molar-refractivity contribution is 5.85. The molecule has 0 aromatic carbocycles. The molecule has 0 spiro atoms. The summed E-state index contributed by atoms with van der Waals surface area (Å²) in [5, 5.41) is 0. The Labute approximate surface area is 123 Å². The lowest BCUT2D eigenvalue weighted by Gasteiger charge is -2.33. The molecule has 1 atom stereocenters. The van der Waals surface area contributed by atoms with E-state index in [1.165, 1.54) is 38.5 Å². The van der Waals surface area contributed by atoms with Crippen LogP contribution in [0.5, 0.6) is 0 Å². The van der Waals surface area contributed by atoms with E-state index in [-0.39, 0.29) is 17.8 Å². The summed E-state index contributed by atoms with van der Waals surface area (Å²) in [5.41, 5.74) is 5.72. The number of carbonyl (C=O) groups is 1. The van der Waals surface area contributed by atoms with E-state index in [4.69, 9.17) is 5.73 Å². The maximum atomic E-state index is 12.7. The summed E-state index contributed by atoms with van der Waals surface area (Å²) in [7, 11) is 0. The van der Waals surface area contributed by atoms with Crippen molar-refractivity contribution in [2.75, 3.05) is 19.6 Å². The normalized spacial score (nSPS) is 26.6. The molecule has 2 N–H and O–H groups in total. The summed E-state index contributed by atoms with van der Waals surface area (Å²) in [6.45, 7) is 4.72. The molecular weight excluding hydrogens is 260 g/mol. The zero-order valence-corrected chi connectivity index (χ0v) is 13.0. The topological polar surface area (TPSA) is 46.3 Å². The van der Waals surface area contributed by atoms with E-state index in [1.54, 1.807) is 0 Å². The minimum atomic E-state index is -0.202. The Balaban J connectivity index is 0.00000180. The molecule has 2 fully saturated rings. The van der Waals surface area contributed by atoms with E-state index in [1.807, 2.05) is 0 Å². The van der Waals surface area contributed by atoms with Crippen molar-refractivity contribution in [2.24, 2.45) is 17.1 Å². The number of likely N-dealkylation sites (tertiary alicyclic amines) is 1. The Morgan fingerprint density at radius 2 is 1.89 bits per heavy atom. The monoisotopic (exact) mass is 288 g/mol. The van der Waals surface area contributed by atoms with Crippen LogP contribution in [0.25, 0.3) is 0 Å². The van der Waals surface area contributed by atoms with E-state index in [0.717, 1.165) is 31.8 Å². The Hall–Kier alpha value is -0.280. The van der Waals surface area contributed by atoms with Gasteiger partial charge in [-0.15, -0.1) is 12.4 Å². The van der Waals surface area contributed by atoms with Gasteiger partial charge in [-0.3, -0.25) is 4.79 Å². The fourth-order valence-electron chi connectivity index (χ4n) is 3.67. The van der Waals surface area contributed by atoms with Crippen LogP contribution in [0.4, 0.5) is 0 Å². The number of amides is 1. The van der Waals surface area contributed by atoms with Crippen LogP contribution < -0.4 is 5.73 Å². The van der Waals surface area contributed by atoms with Crippen LogP contribution in [0.3, 0.4) is 0 Å². The third-order valence-corrected chi connectivity index (χ3v) is 5.12. The molecule has 1 saturated heterocycles. The minimum Gasteiger partial charge on any atom is -0.342 e. The van der Waals surface area contributed by atoms with Gasteiger partial charge in [-0.25, -0.2) is 0 Å². The summed E-state index contributed by atoms with van der Waals surface area (Å²) in [6.07, 6.45) is 9.27. The number of rotatable bonds is 3. The van der Waals surface area contributed by atoms with Gasteiger partial charge in [-0.1, -0.05) is 26.2 Å². The fourth-order valence-corrected chi connectivity index (χ4v) is 3.67. The summed E-state index contributed by atoms with van der Waals surface area (Å²) in [6, 6.07) is 0. The van der Waals surface area contributed by atoms with Gasteiger partial charge in [0.2, 0.25) is 5.91 Å². The van der Waals surface area contributed by atoms with Gasteiger partial charge >= 0.3 is 0 Å². The van der Waals surface area contributed by atoms with Gasteiger partial charge in [0.05, 0.1) is 5.41 Å². The molecule has 2 rings (SSSR count). The molecule has 2 aliphatic rings. The molecule has 0 radical (unpaired) electrons. The molecule has 19 heavy (non-hydrogen) atoms. The van der Waals surface area contributed by atoms with Gasteiger partial charge in [-0.2, -0.15) is 0 Å². The first kappa shape index (κ1) is 16.8. The van der Waals surface area contributed by atoms with Crippen LogP contribution >= 0.6 is 12.4 Å². The highest BCUT2D eigenvalue weighted by Gasteiger charge is 2.42. The molecule has 0 aromatic heterocycles. The first-order chi connectivity index (χ1) is 8.72. The van der Waals surface area contributed by atoms with Crippen LogP contribution in [-0.2, 0) is 4.79 Å². The Morgan fingerprint density at radius 1 is 1.21 bits per heavy atom. The standard InChI is InChI=1S/C15H28N2O.ClH/c1-2-13-6-5-10-17(11-7-13)14(18)15(12-16)8-3-4-9-15;/h13H,2-12,16H2,1H3;1H. The lowest BCUT2D eigenvalue weighted by molar-refractivity contribution is -0.141. The summed E-state index contributed by atoms with van der Waals surface area (Å²) < 4.78 is 0. The summed E-state index contributed by atoms with van der Waals surface area (Å²) in [5.74, 6) is 1.18. The molecule has 1 unspecified atom stereocenters. The average molecular weight is 289 g/mol. The van der Waals surface area contributed by atoms with Gasteiger partial charge in [0, 0.05) is 19.6 Å². The Morgan fingerprint density at radius 3 is 2.47 bits per heavy atom. The number of carbonyl (C=O) groups excluding carboxylic acids is 1. The number of nitrogens with two attached hydrogens (primary N) is 1. The van der Waals surface area contributed by atoms with E-state index in [9.17, 15) is 4.79 Å². The molecule has 1 amide bonds. The van der Waals surface area contributed by atoms with Crippen LogP contribution in [0.15, 0.2) is 0 Å². The predicted molar refractivity (Wildman–Crippen MR) is 81.4 cm³/mol. The second-order valence-corrected chi connectivity index (χ2v) is 6.19. The predicted octanol–water partition coefficient (Wildman–Crippen LogP) is 2.97. The van der Waals surface area contributed by atoms with Crippen molar-refractivity contribution in [3.05, 3.63) is 0 Å². The van der Waals surface area contributed by atoms with Gasteiger partial charge in [0.1, 0.15) is 0 Å². The van der Waals surface area contributed by atoms with Crippen LogP contribution in [-0.4, -0.2) is 30.4 Å². The minimum absolute atomic E-state index is 0. The van der Waals surface area contributed by atoms with Crippen LogP contribution in [0, 0.1) is 11.3 Å². The van der Waals surface area contributed by atoms with E-state index in [2.05, 4.69) is 11.8 Å². The zero-order chi connectivity index (χ0) is 13.0. The average Bonchev–Trinajstić information content (AvgIpc) is 2.77. The van der Waals surface area contributed by atoms with Crippen LogP contribution in [0.2, 0.25) is 0 Å². The van der Waals surface area contributed by atoms with Crippen molar-refractivity contribution in [3.8, 4) is 0 Å². The third-order valence-electron chi connectivity index (χ3n) is 5.12. The van der Waals surface area contributed by atoms with E-state index < -0.39 is 0 Å². The zero-order valence-electron chi connectivity index (χ0n) is 12.2.